The van der Waals surface area contributed by atoms with Crippen LogP contribution in [-0.2, 0) is 23.0 Å². The Hall–Kier alpha value is -1.45. The van der Waals surface area contributed by atoms with E-state index in [0.717, 1.165) is 16.2 Å². The molecule has 0 aliphatic heterocycles. The predicted octanol–water partition coefficient (Wildman–Crippen LogP) is 3.53. The number of aryl methyl sites for hydroxylation is 1. The summed E-state index contributed by atoms with van der Waals surface area (Å²) >= 11 is 2.64. The zero-order chi connectivity index (χ0) is 17.2. The quantitative estimate of drug-likeness (QED) is 0.654. The molecular formula is C16H17NO4S3. The van der Waals surface area contributed by atoms with Crippen LogP contribution in [0.1, 0.15) is 33.4 Å². The Labute approximate surface area is 148 Å². The van der Waals surface area contributed by atoms with Crippen molar-refractivity contribution in [1.82, 2.24) is 4.72 Å². The van der Waals surface area contributed by atoms with Crippen molar-refractivity contribution in [3.05, 3.63) is 63.1 Å². The van der Waals surface area contributed by atoms with E-state index in [4.69, 9.17) is 4.42 Å². The van der Waals surface area contributed by atoms with Crippen molar-refractivity contribution >= 4 is 32.7 Å². The van der Waals surface area contributed by atoms with Gasteiger partial charge in [-0.05, 0) is 42.8 Å². The van der Waals surface area contributed by atoms with E-state index in [1.807, 2.05) is 13.0 Å². The van der Waals surface area contributed by atoms with Crippen LogP contribution in [0.25, 0.3) is 0 Å². The highest BCUT2D eigenvalue weighted by Crippen LogP contribution is 2.29. The van der Waals surface area contributed by atoms with Crippen LogP contribution in [0.3, 0.4) is 0 Å². The summed E-state index contributed by atoms with van der Waals surface area (Å²) in [4.78, 5) is 2.57. The van der Waals surface area contributed by atoms with Gasteiger partial charge < -0.3 is 9.52 Å². The van der Waals surface area contributed by atoms with Crippen molar-refractivity contribution in [2.75, 3.05) is 0 Å². The zero-order valence-corrected chi connectivity index (χ0v) is 15.4. The first-order valence-electron chi connectivity index (χ1n) is 7.38. The second kappa shape index (κ2) is 7.20. The first kappa shape index (κ1) is 17.4. The molecule has 0 saturated carbocycles. The molecule has 0 bridgehead atoms. The monoisotopic (exact) mass is 383 g/mol. The Morgan fingerprint density at radius 2 is 1.96 bits per heavy atom. The largest absolute Gasteiger partial charge is 0.466 e. The SMILES string of the molecule is CCc1ccc(S(=O)(=O)NCc2ccc(C(O)c3ccco3)s2)s1. The number of hydrogen-bond acceptors (Lipinski definition) is 6. The van der Waals surface area contributed by atoms with Gasteiger partial charge in [-0.1, -0.05) is 6.92 Å². The second-order valence-electron chi connectivity index (χ2n) is 5.12. The Bertz CT molecular complexity index is 894. The maximum atomic E-state index is 12.3. The van der Waals surface area contributed by atoms with Gasteiger partial charge in [0.2, 0.25) is 10.0 Å². The number of sulfonamides is 1. The molecule has 0 saturated heterocycles. The van der Waals surface area contributed by atoms with E-state index in [-0.39, 0.29) is 6.54 Å². The van der Waals surface area contributed by atoms with Gasteiger partial charge in [0.05, 0.1) is 6.26 Å². The van der Waals surface area contributed by atoms with Gasteiger partial charge in [-0.15, -0.1) is 22.7 Å². The molecule has 2 N–H and O–H groups in total. The van der Waals surface area contributed by atoms with Crippen molar-refractivity contribution < 1.29 is 17.9 Å². The first-order chi connectivity index (χ1) is 11.5. The Kier molecular flexibility index (Phi) is 5.21. The second-order valence-corrected chi connectivity index (χ2v) is 9.48. The minimum absolute atomic E-state index is 0.192. The summed E-state index contributed by atoms with van der Waals surface area (Å²) in [7, 11) is -3.51. The number of rotatable bonds is 7. The molecule has 1 atom stereocenters. The zero-order valence-electron chi connectivity index (χ0n) is 12.9. The summed E-state index contributed by atoms with van der Waals surface area (Å²) in [5, 5.41) is 10.2. The van der Waals surface area contributed by atoms with Crippen molar-refractivity contribution in [3.63, 3.8) is 0 Å². The maximum absolute atomic E-state index is 12.3. The van der Waals surface area contributed by atoms with E-state index >= 15 is 0 Å². The van der Waals surface area contributed by atoms with Crippen molar-refractivity contribution in [2.24, 2.45) is 0 Å². The van der Waals surface area contributed by atoms with Crippen LogP contribution in [0.5, 0.6) is 0 Å². The predicted molar refractivity (Wildman–Crippen MR) is 94.8 cm³/mol. The molecule has 24 heavy (non-hydrogen) atoms. The summed E-state index contributed by atoms with van der Waals surface area (Å²) in [6.45, 7) is 2.18. The number of thiophene rings is 2. The van der Waals surface area contributed by atoms with Gasteiger partial charge >= 0.3 is 0 Å². The highest BCUT2D eigenvalue weighted by atomic mass is 32.2. The third-order valence-electron chi connectivity index (χ3n) is 3.45. The van der Waals surface area contributed by atoms with E-state index in [9.17, 15) is 13.5 Å². The third kappa shape index (κ3) is 3.79. The minimum Gasteiger partial charge on any atom is -0.466 e. The maximum Gasteiger partial charge on any atom is 0.250 e. The van der Waals surface area contributed by atoms with E-state index in [0.29, 0.717) is 14.8 Å². The summed E-state index contributed by atoms with van der Waals surface area (Å²) in [6.07, 6.45) is 1.49. The van der Waals surface area contributed by atoms with Gasteiger partial charge in [0.25, 0.3) is 0 Å². The standard InChI is InChI=1S/C16H17NO4S3/c1-2-11-6-8-15(23-11)24(19,20)17-10-12-5-7-14(22-12)16(18)13-4-3-9-21-13/h3-9,16-18H,2,10H2,1H3. The summed E-state index contributed by atoms with van der Waals surface area (Å²) < 4.78 is 32.7. The summed E-state index contributed by atoms with van der Waals surface area (Å²) in [5.41, 5.74) is 0. The Morgan fingerprint density at radius 3 is 2.62 bits per heavy atom. The van der Waals surface area contributed by atoms with Gasteiger partial charge in [-0.3, -0.25) is 0 Å². The van der Waals surface area contributed by atoms with Gasteiger partial charge in [-0.25, -0.2) is 13.1 Å². The van der Waals surface area contributed by atoms with E-state index in [2.05, 4.69) is 4.72 Å². The number of nitrogens with one attached hydrogen (secondary N) is 1. The molecule has 0 spiro atoms. The lowest BCUT2D eigenvalue weighted by Crippen LogP contribution is -2.21. The molecule has 0 amide bonds. The van der Waals surface area contributed by atoms with Crippen LogP contribution < -0.4 is 4.72 Å². The molecule has 128 valence electrons. The number of aliphatic hydroxyl groups excluding tert-OH is 1. The molecular weight excluding hydrogens is 366 g/mol. The van der Waals surface area contributed by atoms with Crippen LogP contribution >= 0.6 is 22.7 Å². The molecule has 3 aromatic rings. The van der Waals surface area contributed by atoms with Crippen molar-refractivity contribution in [2.45, 2.75) is 30.2 Å². The fourth-order valence-corrected chi connectivity index (χ4v) is 5.54. The highest BCUT2D eigenvalue weighted by Gasteiger charge is 2.18. The van der Waals surface area contributed by atoms with E-state index in [1.54, 1.807) is 30.3 Å². The van der Waals surface area contributed by atoms with Crippen LogP contribution in [0, 0.1) is 0 Å². The molecule has 0 aliphatic rings. The third-order valence-corrected chi connectivity index (χ3v) is 7.71. The van der Waals surface area contributed by atoms with Gasteiger partial charge in [0, 0.05) is 21.2 Å². The first-order valence-corrected chi connectivity index (χ1v) is 10.5. The number of hydrogen-bond donors (Lipinski definition) is 2. The number of aliphatic hydroxyl groups is 1. The molecule has 8 heteroatoms. The average Bonchev–Trinajstić information content (AvgIpc) is 3.33. The van der Waals surface area contributed by atoms with Crippen LogP contribution in [-0.4, -0.2) is 13.5 Å². The molecule has 3 aromatic heterocycles. The molecule has 5 nitrogen and oxygen atoms in total. The molecule has 0 aromatic carbocycles. The van der Waals surface area contributed by atoms with Crippen LogP contribution in [0.4, 0.5) is 0 Å². The molecule has 3 rings (SSSR count). The van der Waals surface area contributed by atoms with Gasteiger partial charge in [0.15, 0.2) is 0 Å². The van der Waals surface area contributed by atoms with Crippen LogP contribution in [0.15, 0.2) is 51.3 Å². The lowest BCUT2D eigenvalue weighted by Gasteiger charge is -2.05. The van der Waals surface area contributed by atoms with Gasteiger partial charge in [0.1, 0.15) is 16.1 Å². The van der Waals surface area contributed by atoms with Crippen molar-refractivity contribution in [3.8, 4) is 0 Å². The topological polar surface area (TPSA) is 79.5 Å². The molecule has 1 unspecified atom stereocenters. The lowest BCUT2D eigenvalue weighted by atomic mass is 10.2. The fourth-order valence-electron chi connectivity index (χ4n) is 2.15. The van der Waals surface area contributed by atoms with Gasteiger partial charge in [-0.2, -0.15) is 0 Å². The minimum atomic E-state index is -3.51. The van der Waals surface area contributed by atoms with E-state index < -0.39 is 16.1 Å². The smallest absolute Gasteiger partial charge is 0.250 e. The summed E-state index contributed by atoms with van der Waals surface area (Å²) in [5.74, 6) is 0.467. The molecule has 3 heterocycles. The lowest BCUT2D eigenvalue weighted by molar-refractivity contribution is 0.193. The molecule has 0 aliphatic carbocycles. The van der Waals surface area contributed by atoms with E-state index in [1.165, 1.54) is 28.9 Å². The summed E-state index contributed by atoms with van der Waals surface area (Å²) in [6, 6.07) is 10.5. The fraction of sp³-hybridized carbons (Fsp3) is 0.250. The Balaban J connectivity index is 1.67. The van der Waals surface area contributed by atoms with Crippen molar-refractivity contribution in [1.29, 1.82) is 0 Å². The van der Waals surface area contributed by atoms with Crippen LogP contribution in [0.2, 0.25) is 0 Å². The number of furan rings is 1. The molecule has 0 radical (unpaired) electrons. The highest BCUT2D eigenvalue weighted by molar-refractivity contribution is 7.91. The Morgan fingerprint density at radius 1 is 1.17 bits per heavy atom. The molecule has 0 fully saturated rings. The average molecular weight is 384 g/mol. The normalized spacial score (nSPS) is 13.2.